The van der Waals surface area contributed by atoms with Crippen molar-refractivity contribution in [2.45, 2.75) is 40.2 Å². The molecule has 2 N–H and O–H groups in total. The SMILES string of the molecule is Cc1ccc(N2C[C@@H](NC(=O)NCC(C)C)CC2=O)cc1C. The van der Waals surface area contributed by atoms with Crippen LogP contribution in [0.1, 0.15) is 31.4 Å². The van der Waals surface area contributed by atoms with Gasteiger partial charge in [0.15, 0.2) is 0 Å². The van der Waals surface area contributed by atoms with Crippen LogP contribution in [0.2, 0.25) is 0 Å². The predicted molar refractivity (Wildman–Crippen MR) is 88.0 cm³/mol. The Balaban J connectivity index is 1.95. The second kappa shape index (κ2) is 6.81. The highest BCUT2D eigenvalue weighted by Gasteiger charge is 2.31. The summed E-state index contributed by atoms with van der Waals surface area (Å²) in [6, 6.07) is 5.67. The van der Waals surface area contributed by atoms with Crippen molar-refractivity contribution in [3.63, 3.8) is 0 Å². The number of carbonyl (C=O) groups is 2. The van der Waals surface area contributed by atoms with Crippen LogP contribution < -0.4 is 15.5 Å². The second-order valence-electron chi connectivity index (χ2n) is 6.42. The zero-order chi connectivity index (χ0) is 16.3. The first-order valence-corrected chi connectivity index (χ1v) is 7.78. The quantitative estimate of drug-likeness (QED) is 0.897. The standard InChI is InChI=1S/C17H25N3O2/c1-11(2)9-18-17(22)19-14-8-16(21)20(10-14)15-6-5-12(3)13(4)7-15/h5-7,11,14H,8-10H2,1-4H3,(H2,18,19,22)/t14-/m0/s1. The molecule has 1 fully saturated rings. The van der Waals surface area contributed by atoms with E-state index in [9.17, 15) is 9.59 Å². The molecule has 1 aromatic rings. The molecule has 1 saturated heterocycles. The highest BCUT2D eigenvalue weighted by Crippen LogP contribution is 2.24. The average Bonchev–Trinajstić information content (AvgIpc) is 2.80. The van der Waals surface area contributed by atoms with Crippen molar-refractivity contribution in [2.75, 3.05) is 18.0 Å². The molecule has 1 aromatic carbocycles. The monoisotopic (exact) mass is 303 g/mol. The molecular formula is C17H25N3O2. The maximum absolute atomic E-state index is 12.2. The van der Waals surface area contributed by atoms with Gasteiger partial charge >= 0.3 is 6.03 Å². The van der Waals surface area contributed by atoms with E-state index in [-0.39, 0.29) is 18.0 Å². The predicted octanol–water partition coefficient (Wildman–Crippen LogP) is 2.36. The van der Waals surface area contributed by atoms with Gasteiger partial charge in [-0.25, -0.2) is 4.79 Å². The number of urea groups is 1. The lowest BCUT2D eigenvalue weighted by Gasteiger charge is -2.18. The first-order chi connectivity index (χ1) is 10.4. The van der Waals surface area contributed by atoms with E-state index in [0.29, 0.717) is 25.4 Å². The zero-order valence-electron chi connectivity index (χ0n) is 13.8. The summed E-state index contributed by atoms with van der Waals surface area (Å²) in [6.07, 6.45) is 0.349. The maximum Gasteiger partial charge on any atom is 0.315 e. The summed E-state index contributed by atoms with van der Waals surface area (Å²) in [5, 5.41) is 5.69. The van der Waals surface area contributed by atoms with E-state index in [1.165, 1.54) is 5.56 Å². The van der Waals surface area contributed by atoms with Crippen LogP contribution in [0.4, 0.5) is 10.5 Å². The van der Waals surface area contributed by atoms with Crippen molar-refractivity contribution < 1.29 is 9.59 Å². The fraction of sp³-hybridized carbons (Fsp3) is 0.529. The Kier molecular flexibility index (Phi) is 5.06. The molecule has 5 heteroatoms. The highest BCUT2D eigenvalue weighted by atomic mass is 16.2. The Morgan fingerprint density at radius 1 is 1.32 bits per heavy atom. The number of benzene rings is 1. The molecule has 0 aliphatic carbocycles. The van der Waals surface area contributed by atoms with Crippen molar-refractivity contribution in [3.8, 4) is 0 Å². The van der Waals surface area contributed by atoms with Crippen LogP contribution in [-0.2, 0) is 4.79 Å². The minimum absolute atomic E-state index is 0.0532. The van der Waals surface area contributed by atoms with Gasteiger partial charge in [-0.05, 0) is 43.0 Å². The van der Waals surface area contributed by atoms with Gasteiger partial charge in [-0.2, -0.15) is 0 Å². The van der Waals surface area contributed by atoms with Gasteiger partial charge in [0.25, 0.3) is 0 Å². The van der Waals surface area contributed by atoms with E-state index in [2.05, 4.69) is 10.6 Å². The van der Waals surface area contributed by atoms with Gasteiger partial charge < -0.3 is 15.5 Å². The van der Waals surface area contributed by atoms with Gasteiger partial charge in [-0.3, -0.25) is 4.79 Å². The van der Waals surface area contributed by atoms with Crippen molar-refractivity contribution in [1.29, 1.82) is 0 Å². The molecule has 0 bridgehead atoms. The Morgan fingerprint density at radius 3 is 2.68 bits per heavy atom. The summed E-state index contributed by atoms with van der Waals surface area (Å²) < 4.78 is 0. The number of nitrogens with one attached hydrogen (secondary N) is 2. The van der Waals surface area contributed by atoms with Crippen LogP contribution in [-0.4, -0.2) is 31.1 Å². The van der Waals surface area contributed by atoms with Crippen LogP contribution in [0.15, 0.2) is 18.2 Å². The van der Waals surface area contributed by atoms with Gasteiger partial charge in [0.2, 0.25) is 5.91 Å². The molecule has 1 atom stereocenters. The number of aryl methyl sites for hydroxylation is 2. The first-order valence-electron chi connectivity index (χ1n) is 7.78. The molecule has 3 amide bonds. The van der Waals surface area contributed by atoms with Gasteiger partial charge in [0, 0.05) is 25.2 Å². The van der Waals surface area contributed by atoms with Crippen molar-refractivity contribution in [2.24, 2.45) is 5.92 Å². The second-order valence-corrected chi connectivity index (χ2v) is 6.42. The number of hydrogen-bond acceptors (Lipinski definition) is 2. The van der Waals surface area contributed by atoms with Crippen molar-refractivity contribution in [3.05, 3.63) is 29.3 Å². The Morgan fingerprint density at radius 2 is 2.05 bits per heavy atom. The summed E-state index contributed by atoms with van der Waals surface area (Å²) in [5.41, 5.74) is 3.27. The molecule has 120 valence electrons. The van der Waals surface area contributed by atoms with E-state index in [1.807, 2.05) is 45.9 Å². The average molecular weight is 303 g/mol. The number of anilines is 1. The van der Waals surface area contributed by atoms with E-state index in [0.717, 1.165) is 11.3 Å². The summed E-state index contributed by atoms with van der Waals surface area (Å²) in [4.78, 5) is 25.7. The molecule has 1 aliphatic rings. The Hall–Kier alpha value is -2.04. The number of amides is 3. The molecule has 0 unspecified atom stereocenters. The zero-order valence-corrected chi connectivity index (χ0v) is 13.8. The lowest BCUT2D eigenvalue weighted by Crippen LogP contribution is -2.44. The normalized spacial score (nSPS) is 18.0. The van der Waals surface area contributed by atoms with Crippen LogP contribution in [0.5, 0.6) is 0 Å². The van der Waals surface area contributed by atoms with Crippen LogP contribution in [0.25, 0.3) is 0 Å². The molecule has 22 heavy (non-hydrogen) atoms. The summed E-state index contributed by atoms with van der Waals surface area (Å²) in [5.74, 6) is 0.459. The number of carbonyl (C=O) groups excluding carboxylic acids is 2. The van der Waals surface area contributed by atoms with E-state index in [4.69, 9.17) is 0 Å². The fourth-order valence-electron chi connectivity index (χ4n) is 2.48. The number of hydrogen-bond donors (Lipinski definition) is 2. The lowest BCUT2D eigenvalue weighted by molar-refractivity contribution is -0.117. The first kappa shape index (κ1) is 16.3. The largest absolute Gasteiger partial charge is 0.338 e. The summed E-state index contributed by atoms with van der Waals surface area (Å²) in [7, 11) is 0. The Bertz CT molecular complexity index is 569. The van der Waals surface area contributed by atoms with Gasteiger partial charge in [0.05, 0.1) is 6.04 Å². The maximum atomic E-state index is 12.2. The van der Waals surface area contributed by atoms with E-state index < -0.39 is 0 Å². The number of rotatable bonds is 4. The van der Waals surface area contributed by atoms with Gasteiger partial charge in [-0.15, -0.1) is 0 Å². The van der Waals surface area contributed by atoms with Gasteiger partial charge in [-0.1, -0.05) is 19.9 Å². The minimum Gasteiger partial charge on any atom is -0.338 e. The van der Waals surface area contributed by atoms with Crippen molar-refractivity contribution >= 4 is 17.6 Å². The molecule has 0 aromatic heterocycles. The topological polar surface area (TPSA) is 61.4 Å². The van der Waals surface area contributed by atoms with E-state index in [1.54, 1.807) is 4.90 Å². The van der Waals surface area contributed by atoms with Gasteiger partial charge in [0.1, 0.15) is 0 Å². The number of nitrogens with zero attached hydrogens (tertiary/aromatic N) is 1. The highest BCUT2D eigenvalue weighted by molar-refractivity contribution is 5.96. The smallest absolute Gasteiger partial charge is 0.315 e. The third-order valence-corrected chi connectivity index (χ3v) is 3.93. The molecule has 1 heterocycles. The molecule has 0 saturated carbocycles. The molecule has 1 aliphatic heterocycles. The molecule has 0 radical (unpaired) electrons. The molecule has 2 rings (SSSR count). The van der Waals surface area contributed by atoms with Crippen LogP contribution in [0, 0.1) is 19.8 Å². The third-order valence-electron chi connectivity index (χ3n) is 3.93. The summed E-state index contributed by atoms with van der Waals surface area (Å²) in [6.45, 7) is 9.33. The van der Waals surface area contributed by atoms with Crippen LogP contribution >= 0.6 is 0 Å². The third kappa shape index (κ3) is 4.00. The Labute approximate surface area is 132 Å². The van der Waals surface area contributed by atoms with E-state index >= 15 is 0 Å². The van der Waals surface area contributed by atoms with Crippen LogP contribution in [0.3, 0.4) is 0 Å². The summed E-state index contributed by atoms with van der Waals surface area (Å²) >= 11 is 0. The molecular weight excluding hydrogens is 278 g/mol. The lowest BCUT2D eigenvalue weighted by atomic mass is 10.1. The molecule has 5 nitrogen and oxygen atoms in total. The van der Waals surface area contributed by atoms with Crippen molar-refractivity contribution in [1.82, 2.24) is 10.6 Å². The minimum atomic E-state index is -0.201. The fourth-order valence-corrected chi connectivity index (χ4v) is 2.48. The molecule has 0 spiro atoms.